The summed E-state index contributed by atoms with van der Waals surface area (Å²) in [5.41, 5.74) is 7.83. The third-order valence-electron chi connectivity index (χ3n) is 2.33. The van der Waals surface area contributed by atoms with E-state index >= 15 is 0 Å². The Hall–Kier alpha value is -0.280. The smallest absolute Gasteiger partial charge is 0.0532 e. The molecule has 0 aromatic heterocycles. The number of allylic oxidation sites excluding steroid dienone is 1. The minimum absolute atomic E-state index is 0.747. The lowest BCUT2D eigenvalue weighted by molar-refractivity contribution is 0.595. The van der Waals surface area contributed by atoms with Crippen molar-refractivity contribution in [3.05, 3.63) is 32.7 Å². The van der Waals surface area contributed by atoms with Gasteiger partial charge in [-0.25, -0.2) is 0 Å². The van der Waals surface area contributed by atoms with E-state index in [-0.39, 0.29) is 0 Å². The zero-order valence-electron chi connectivity index (χ0n) is 9.63. The van der Waals surface area contributed by atoms with Gasteiger partial charge >= 0.3 is 0 Å². The van der Waals surface area contributed by atoms with Crippen molar-refractivity contribution in [3.63, 3.8) is 0 Å². The van der Waals surface area contributed by atoms with E-state index in [1.807, 2.05) is 12.1 Å². The third-order valence-corrected chi connectivity index (χ3v) is 3.45. The maximum absolute atomic E-state index is 5.97. The van der Waals surface area contributed by atoms with Crippen molar-refractivity contribution in [3.8, 4) is 0 Å². The lowest BCUT2D eigenvalue weighted by Gasteiger charge is -2.05. The monoisotopic (exact) mass is 345 g/mol. The maximum Gasteiger partial charge on any atom is 0.0532 e. The molecule has 88 valence electrons. The highest BCUT2D eigenvalue weighted by atomic mass is 79.9. The number of nitrogens with two attached hydrogens (primary N) is 1. The molecule has 0 radical (unpaired) electrons. The molecule has 0 bridgehead atoms. The molecule has 0 atom stereocenters. The topological polar surface area (TPSA) is 26.0 Å². The van der Waals surface area contributed by atoms with Crippen molar-refractivity contribution in [1.29, 1.82) is 0 Å². The van der Waals surface area contributed by atoms with Crippen molar-refractivity contribution in [2.24, 2.45) is 5.92 Å². The minimum atomic E-state index is 0.747. The van der Waals surface area contributed by atoms with E-state index in [9.17, 15) is 0 Å². The largest absolute Gasteiger partial charge is 0.397 e. The van der Waals surface area contributed by atoms with Gasteiger partial charge in [0.25, 0.3) is 0 Å². The Bertz CT molecular complexity index is 384. The molecular formula is C13H17Br2N. The molecule has 0 heterocycles. The predicted octanol–water partition coefficient (Wildman–Crippen LogP) is 5.24. The molecular weight excluding hydrogens is 330 g/mol. The molecule has 0 saturated carbocycles. The average Bonchev–Trinajstić information content (AvgIpc) is 2.19. The Balaban J connectivity index is 2.73. The van der Waals surface area contributed by atoms with Gasteiger partial charge in [-0.3, -0.25) is 0 Å². The van der Waals surface area contributed by atoms with Crippen molar-refractivity contribution < 1.29 is 0 Å². The van der Waals surface area contributed by atoms with E-state index in [0.717, 1.165) is 32.5 Å². The SMILES string of the molecule is CC(C)CCC=Cc1cc(Br)cc(Br)c1N. The second-order valence-corrected chi connectivity index (χ2v) is 6.03. The van der Waals surface area contributed by atoms with Crippen LogP contribution in [-0.4, -0.2) is 0 Å². The van der Waals surface area contributed by atoms with Gasteiger partial charge in [0.15, 0.2) is 0 Å². The van der Waals surface area contributed by atoms with Gasteiger partial charge in [0.1, 0.15) is 0 Å². The fourth-order valence-electron chi connectivity index (χ4n) is 1.38. The lowest BCUT2D eigenvalue weighted by Crippen LogP contribution is -1.91. The van der Waals surface area contributed by atoms with Crippen LogP contribution in [-0.2, 0) is 0 Å². The zero-order chi connectivity index (χ0) is 12.1. The summed E-state index contributed by atoms with van der Waals surface area (Å²) >= 11 is 6.90. The Morgan fingerprint density at radius 1 is 1.31 bits per heavy atom. The summed E-state index contributed by atoms with van der Waals surface area (Å²) in [7, 11) is 0. The first-order chi connectivity index (χ1) is 7.50. The number of hydrogen-bond acceptors (Lipinski definition) is 1. The van der Waals surface area contributed by atoms with Gasteiger partial charge in [-0.1, -0.05) is 41.9 Å². The number of benzene rings is 1. The number of rotatable bonds is 4. The van der Waals surface area contributed by atoms with Crippen LogP contribution in [0.2, 0.25) is 0 Å². The summed E-state index contributed by atoms with van der Waals surface area (Å²) in [6.45, 7) is 4.47. The van der Waals surface area contributed by atoms with Crippen molar-refractivity contribution in [2.75, 3.05) is 5.73 Å². The van der Waals surface area contributed by atoms with Gasteiger partial charge < -0.3 is 5.73 Å². The summed E-state index contributed by atoms with van der Waals surface area (Å²) in [5.74, 6) is 0.747. The van der Waals surface area contributed by atoms with Crippen LogP contribution >= 0.6 is 31.9 Å². The quantitative estimate of drug-likeness (QED) is 0.741. The third kappa shape index (κ3) is 4.30. The van der Waals surface area contributed by atoms with Crippen molar-refractivity contribution >= 4 is 43.6 Å². The van der Waals surface area contributed by atoms with Crippen molar-refractivity contribution in [2.45, 2.75) is 26.7 Å². The van der Waals surface area contributed by atoms with E-state index in [4.69, 9.17) is 5.73 Å². The van der Waals surface area contributed by atoms with Crippen LogP contribution in [0.1, 0.15) is 32.3 Å². The summed E-state index contributed by atoms with van der Waals surface area (Å²) in [4.78, 5) is 0. The van der Waals surface area contributed by atoms with E-state index in [1.165, 1.54) is 6.42 Å². The molecule has 3 heteroatoms. The van der Waals surface area contributed by atoms with Gasteiger partial charge in [-0.05, 0) is 52.4 Å². The molecule has 0 saturated heterocycles. The highest BCUT2D eigenvalue weighted by Crippen LogP contribution is 2.29. The second kappa shape index (κ2) is 6.45. The fourth-order valence-corrected chi connectivity index (χ4v) is 2.64. The van der Waals surface area contributed by atoms with Crippen LogP contribution in [0.15, 0.2) is 27.2 Å². The number of anilines is 1. The van der Waals surface area contributed by atoms with Gasteiger partial charge in [0.2, 0.25) is 0 Å². The molecule has 0 aliphatic rings. The molecule has 0 fully saturated rings. The average molecular weight is 347 g/mol. The highest BCUT2D eigenvalue weighted by Gasteiger charge is 2.02. The number of nitrogen functional groups attached to an aromatic ring is 1. The molecule has 2 N–H and O–H groups in total. The molecule has 0 aliphatic heterocycles. The Morgan fingerprint density at radius 2 is 2.00 bits per heavy atom. The molecule has 0 amide bonds. The molecule has 1 aromatic rings. The Morgan fingerprint density at radius 3 is 2.62 bits per heavy atom. The van der Waals surface area contributed by atoms with Crippen LogP contribution in [0.3, 0.4) is 0 Å². The first-order valence-corrected chi connectivity index (χ1v) is 7.00. The second-order valence-electron chi connectivity index (χ2n) is 4.26. The van der Waals surface area contributed by atoms with Crippen LogP contribution in [0, 0.1) is 5.92 Å². The molecule has 0 spiro atoms. The van der Waals surface area contributed by atoms with Crippen molar-refractivity contribution in [1.82, 2.24) is 0 Å². The standard InChI is InChI=1S/C13H17Br2N/c1-9(2)5-3-4-6-10-7-11(14)8-12(15)13(10)16/h4,6-9H,3,5,16H2,1-2H3. The molecule has 0 unspecified atom stereocenters. The highest BCUT2D eigenvalue weighted by molar-refractivity contribution is 9.11. The Labute approximate surface area is 114 Å². The number of halogens is 2. The number of hydrogen-bond donors (Lipinski definition) is 1. The molecule has 1 nitrogen and oxygen atoms in total. The van der Waals surface area contributed by atoms with E-state index in [0.29, 0.717) is 0 Å². The summed E-state index contributed by atoms with van der Waals surface area (Å²) in [5, 5.41) is 0. The normalized spacial score (nSPS) is 11.6. The molecule has 16 heavy (non-hydrogen) atoms. The first-order valence-electron chi connectivity index (χ1n) is 5.41. The van der Waals surface area contributed by atoms with Gasteiger partial charge in [0, 0.05) is 8.95 Å². The summed E-state index contributed by atoms with van der Waals surface area (Å²) < 4.78 is 1.97. The Kier molecular flexibility index (Phi) is 5.56. The molecule has 0 aliphatic carbocycles. The van der Waals surface area contributed by atoms with Crippen LogP contribution in [0.4, 0.5) is 5.69 Å². The van der Waals surface area contributed by atoms with Crippen LogP contribution < -0.4 is 5.73 Å². The molecule has 1 aromatic carbocycles. The molecule has 1 rings (SSSR count). The van der Waals surface area contributed by atoms with Gasteiger partial charge in [-0.15, -0.1) is 0 Å². The summed E-state index contributed by atoms with van der Waals surface area (Å²) in [6.07, 6.45) is 6.59. The first kappa shape index (κ1) is 13.8. The van der Waals surface area contributed by atoms with E-state index < -0.39 is 0 Å². The van der Waals surface area contributed by atoms with Crippen LogP contribution in [0.5, 0.6) is 0 Å². The lowest BCUT2D eigenvalue weighted by atomic mass is 10.1. The maximum atomic E-state index is 5.97. The fraction of sp³-hybridized carbons (Fsp3) is 0.385. The minimum Gasteiger partial charge on any atom is -0.397 e. The van der Waals surface area contributed by atoms with E-state index in [1.54, 1.807) is 0 Å². The van der Waals surface area contributed by atoms with Gasteiger partial charge in [0.05, 0.1) is 5.69 Å². The van der Waals surface area contributed by atoms with Crippen LogP contribution in [0.25, 0.3) is 6.08 Å². The summed E-state index contributed by atoms with van der Waals surface area (Å²) in [6, 6.07) is 3.99. The zero-order valence-corrected chi connectivity index (χ0v) is 12.8. The van der Waals surface area contributed by atoms with Gasteiger partial charge in [-0.2, -0.15) is 0 Å². The predicted molar refractivity (Wildman–Crippen MR) is 79.4 cm³/mol. The van der Waals surface area contributed by atoms with E-state index in [2.05, 4.69) is 57.9 Å².